The maximum absolute atomic E-state index is 9.81. The van der Waals surface area contributed by atoms with Crippen LogP contribution < -0.4 is 0 Å². The van der Waals surface area contributed by atoms with Crippen LogP contribution in [-0.2, 0) is 0 Å². The highest BCUT2D eigenvalue weighted by Crippen LogP contribution is 2.26. The van der Waals surface area contributed by atoms with Crippen LogP contribution in [0.3, 0.4) is 0 Å². The second-order valence-electron chi connectivity index (χ2n) is 2.84. The number of aliphatic hydroxyl groups is 1. The van der Waals surface area contributed by atoms with E-state index in [1.807, 2.05) is 6.92 Å². The Hall–Kier alpha value is -0.840. The van der Waals surface area contributed by atoms with E-state index in [4.69, 9.17) is 16.0 Å². The minimum absolute atomic E-state index is 0.269. The fourth-order valence-corrected chi connectivity index (χ4v) is 1.91. The highest BCUT2D eigenvalue weighted by Gasteiger charge is 2.16. The molecule has 2 heterocycles. The number of aryl methyl sites for hydroxylation is 1. The average molecular weight is 230 g/mol. The standard InChI is InChI=1S/C9H8ClNO2S/c1-5-11-6(4-14-5)9(12)7-2-3-8(10)13-7/h2-4,9,12H,1H3. The normalized spacial score (nSPS) is 13.1. The Bertz CT molecular complexity index is 397. The molecular weight excluding hydrogens is 222 g/mol. The summed E-state index contributed by atoms with van der Waals surface area (Å²) >= 11 is 7.09. The van der Waals surface area contributed by atoms with Crippen LogP contribution in [0.15, 0.2) is 21.9 Å². The third-order valence-corrected chi connectivity index (χ3v) is 2.78. The van der Waals surface area contributed by atoms with Crippen molar-refractivity contribution in [2.75, 3.05) is 0 Å². The number of nitrogens with zero attached hydrogens (tertiary/aromatic N) is 1. The second-order valence-corrected chi connectivity index (χ2v) is 4.27. The van der Waals surface area contributed by atoms with Gasteiger partial charge in [-0.25, -0.2) is 4.98 Å². The van der Waals surface area contributed by atoms with E-state index in [-0.39, 0.29) is 5.22 Å². The van der Waals surface area contributed by atoms with Gasteiger partial charge in [0, 0.05) is 5.38 Å². The lowest BCUT2D eigenvalue weighted by Crippen LogP contribution is -1.97. The molecule has 0 amide bonds. The fraction of sp³-hybridized carbons (Fsp3) is 0.222. The number of hydrogen-bond acceptors (Lipinski definition) is 4. The summed E-state index contributed by atoms with van der Waals surface area (Å²) in [4.78, 5) is 4.16. The van der Waals surface area contributed by atoms with Crippen LogP contribution in [0.25, 0.3) is 0 Å². The van der Waals surface area contributed by atoms with E-state index in [1.165, 1.54) is 11.3 Å². The van der Waals surface area contributed by atoms with E-state index < -0.39 is 6.10 Å². The minimum atomic E-state index is -0.826. The van der Waals surface area contributed by atoms with Crippen molar-refractivity contribution in [3.8, 4) is 0 Å². The van der Waals surface area contributed by atoms with Gasteiger partial charge in [0.05, 0.1) is 10.7 Å². The monoisotopic (exact) mass is 229 g/mol. The van der Waals surface area contributed by atoms with Crippen LogP contribution in [0.2, 0.25) is 5.22 Å². The van der Waals surface area contributed by atoms with E-state index in [1.54, 1.807) is 17.5 Å². The van der Waals surface area contributed by atoms with Gasteiger partial charge in [-0.15, -0.1) is 11.3 Å². The van der Waals surface area contributed by atoms with E-state index in [0.717, 1.165) is 5.01 Å². The summed E-state index contributed by atoms with van der Waals surface area (Å²) in [6.45, 7) is 1.88. The van der Waals surface area contributed by atoms with Crippen LogP contribution in [0.5, 0.6) is 0 Å². The lowest BCUT2D eigenvalue weighted by Gasteiger charge is -2.02. The van der Waals surface area contributed by atoms with Crippen molar-refractivity contribution in [3.63, 3.8) is 0 Å². The molecule has 2 rings (SSSR count). The fourth-order valence-electron chi connectivity index (χ4n) is 1.13. The molecule has 0 spiro atoms. The number of hydrogen-bond donors (Lipinski definition) is 1. The lowest BCUT2D eigenvalue weighted by molar-refractivity contribution is 0.185. The molecule has 0 saturated heterocycles. The van der Waals surface area contributed by atoms with Crippen molar-refractivity contribution in [2.45, 2.75) is 13.0 Å². The molecule has 0 radical (unpaired) electrons. The van der Waals surface area contributed by atoms with Crippen molar-refractivity contribution in [1.29, 1.82) is 0 Å². The first-order valence-corrected chi connectivity index (χ1v) is 5.28. The average Bonchev–Trinajstić information content (AvgIpc) is 2.73. The molecule has 0 aliphatic rings. The summed E-state index contributed by atoms with van der Waals surface area (Å²) in [5, 5.41) is 12.8. The Morgan fingerprint density at radius 1 is 1.57 bits per heavy atom. The van der Waals surface area contributed by atoms with Crippen LogP contribution >= 0.6 is 22.9 Å². The third-order valence-electron chi connectivity index (χ3n) is 1.78. The molecule has 0 bridgehead atoms. The first-order valence-electron chi connectivity index (χ1n) is 4.02. The smallest absolute Gasteiger partial charge is 0.193 e. The topological polar surface area (TPSA) is 46.3 Å². The van der Waals surface area contributed by atoms with Gasteiger partial charge >= 0.3 is 0 Å². The maximum atomic E-state index is 9.81. The summed E-state index contributed by atoms with van der Waals surface area (Å²) < 4.78 is 5.09. The lowest BCUT2D eigenvalue weighted by atomic mass is 10.2. The van der Waals surface area contributed by atoms with Gasteiger partial charge in [0.25, 0.3) is 0 Å². The minimum Gasteiger partial charge on any atom is -0.447 e. The Morgan fingerprint density at radius 2 is 2.36 bits per heavy atom. The number of thiazole rings is 1. The molecule has 1 unspecified atom stereocenters. The molecule has 3 nitrogen and oxygen atoms in total. The Balaban J connectivity index is 2.28. The molecule has 0 saturated carbocycles. The van der Waals surface area contributed by atoms with Crippen LogP contribution in [0, 0.1) is 6.92 Å². The zero-order valence-electron chi connectivity index (χ0n) is 7.40. The van der Waals surface area contributed by atoms with Gasteiger partial charge < -0.3 is 9.52 Å². The number of halogens is 1. The first-order chi connectivity index (χ1) is 6.66. The number of aromatic nitrogens is 1. The summed E-state index contributed by atoms with van der Waals surface area (Å²) in [6.07, 6.45) is -0.826. The molecule has 0 fully saturated rings. The number of furan rings is 1. The Morgan fingerprint density at radius 3 is 2.86 bits per heavy atom. The van der Waals surface area contributed by atoms with E-state index >= 15 is 0 Å². The van der Waals surface area contributed by atoms with Gasteiger partial charge in [0.1, 0.15) is 5.76 Å². The van der Waals surface area contributed by atoms with Gasteiger partial charge in [-0.05, 0) is 30.7 Å². The van der Waals surface area contributed by atoms with Crippen molar-refractivity contribution in [1.82, 2.24) is 4.98 Å². The molecule has 14 heavy (non-hydrogen) atoms. The summed E-state index contributed by atoms with van der Waals surface area (Å²) in [7, 11) is 0. The number of rotatable bonds is 2. The zero-order valence-corrected chi connectivity index (χ0v) is 8.97. The summed E-state index contributed by atoms with van der Waals surface area (Å²) in [6, 6.07) is 3.24. The predicted molar refractivity (Wildman–Crippen MR) is 54.6 cm³/mol. The van der Waals surface area contributed by atoms with Gasteiger partial charge in [0.15, 0.2) is 11.3 Å². The molecular formula is C9H8ClNO2S. The second kappa shape index (κ2) is 3.73. The summed E-state index contributed by atoms with van der Waals surface area (Å²) in [5.74, 6) is 0.417. The molecule has 5 heteroatoms. The van der Waals surface area contributed by atoms with Crippen LogP contribution in [-0.4, -0.2) is 10.1 Å². The molecule has 0 aromatic carbocycles. The number of aliphatic hydroxyl groups excluding tert-OH is 1. The molecule has 2 aromatic heterocycles. The molecule has 74 valence electrons. The summed E-state index contributed by atoms with van der Waals surface area (Å²) in [5.41, 5.74) is 0.596. The van der Waals surface area contributed by atoms with E-state index in [0.29, 0.717) is 11.5 Å². The quantitative estimate of drug-likeness (QED) is 0.862. The van der Waals surface area contributed by atoms with Crippen LogP contribution in [0.4, 0.5) is 0 Å². The van der Waals surface area contributed by atoms with Crippen molar-refractivity contribution in [2.24, 2.45) is 0 Å². The Labute approximate surface area is 90.0 Å². The molecule has 0 aliphatic heterocycles. The van der Waals surface area contributed by atoms with Gasteiger partial charge in [0.2, 0.25) is 0 Å². The van der Waals surface area contributed by atoms with E-state index in [2.05, 4.69) is 4.98 Å². The van der Waals surface area contributed by atoms with Gasteiger partial charge in [-0.3, -0.25) is 0 Å². The molecule has 2 aromatic rings. The van der Waals surface area contributed by atoms with Gasteiger partial charge in [-0.1, -0.05) is 0 Å². The Kier molecular flexibility index (Phi) is 2.58. The SMILES string of the molecule is Cc1nc(C(O)c2ccc(Cl)o2)cs1. The highest BCUT2D eigenvalue weighted by molar-refractivity contribution is 7.09. The van der Waals surface area contributed by atoms with Crippen molar-refractivity contribution >= 4 is 22.9 Å². The van der Waals surface area contributed by atoms with Crippen LogP contribution in [0.1, 0.15) is 22.6 Å². The largest absolute Gasteiger partial charge is 0.447 e. The van der Waals surface area contributed by atoms with Crippen molar-refractivity contribution < 1.29 is 9.52 Å². The van der Waals surface area contributed by atoms with Crippen molar-refractivity contribution in [3.05, 3.63) is 39.2 Å². The molecule has 1 atom stereocenters. The highest BCUT2D eigenvalue weighted by atomic mass is 35.5. The van der Waals surface area contributed by atoms with Gasteiger partial charge in [-0.2, -0.15) is 0 Å². The molecule has 1 N–H and O–H groups in total. The predicted octanol–water partition coefficient (Wildman–Crippen LogP) is 2.78. The first kappa shape index (κ1) is 9.71. The maximum Gasteiger partial charge on any atom is 0.193 e. The molecule has 0 aliphatic carbocycles. The van der Waals surface area contributed by atoms with E-state index in [9.17, 15) is 5.11 Å². The zero-order chi connectivity index (χ0) is 10.1. The third kappa shape index (κ3) is 1.82.